The number of hydrogen-bond donors (Lipinski definition) is 0. The largest absolute Gasteiger partial charge is 0.465 e. The van der Waals surface area contributed by atoms with Gasteiger partial charge in [-0.1, -0.05) is 31.4 Å². The van der Waals surface area contributed by atoms with Gasteiger partial charge in [-0.15, -0.1) is 0 Å². The van der Waals surface area contributed by atoms with Crippen LogP contribution in [0.1, 0.15) is 63.9 Å². The first-order valence-electron chi connectivity index (χ1n) is 7.50. The van der Waals surface area contributed by atoms with Gasteiger partial charge in [-0.2, -0.15) is 0 Å². The summed E-state index contributed by atoms with van der Waals surface area (Å²) in [5.74, 6) is -0.905. The van der Waals surface area contributed by atoms with E-state index in [2.05, 4.69) is 0 Å². The lowest BCUT2D eigenvalue weighted by molar-refractivity contribution is 0.0553. The molecule has 4 nitrogen and oxygen atoms in total. The summed E-state index contributed by atoms with van der Waals surface area (Å²) in [6.45, 7) is 0. The zero-order valence-electron chi connectivity index (χ0n) is 12.7. The van der Waals surface area contributed by atoms with E-state index in [-0.39, 0.29) is 0 Å². The van der Waals surface area contributed by atoms with Crippen LogP contribution in [0.5, 0.6) is 0 Å². The van der Waals surface area contributed by atoms with Gasteiger partial charge < -0.3 is 9.47 Å². The number of fused-ring (bicyclic) bond motifs is 8. The SMILES string of the molecule is COC(=O)c1c2ccc(c1C(=O)OC)CCCCCCC2. The summed E-state index contributed by atoms with van der Waals surface area (Å²) in [5, 5.41) is 0. The highest BCUT2D eigenvalue weighted by molar-refractivity contribution is 6.05. The Morgan fingerprint density at radius 1 is 0.762 bits per heavy atom. The minimum Gasteiger partial charge on any atom is -0.465 e. The first kappa shape index (κ1) is 15.5. The summed E-state index contributed by atoms with van der Waals surface area (Å²) in [4.78, 5) is 24.4. The van der Waals surface area contributed by atoms with Gasteiger partial charge in [0.1, 0.15) is 0 Å². The first-order chi connectivity index (χ1) is 10.2. The molecule has 114 valence electrons. The zero-order chi connectivity index (χ0) is 15.2. The van der Waals surface area contributed by atoms with Crippen molar-refractivity contribution in [1.29, 1.82) is 0 Å². The fourth-order valence-corrected chi connectivity index (χ4v) is 2.94. The Labute approximate surface area is 125 Å². The monoisotopic (exact) mass is 290 g/mol. The van der Waals surface area contributed by atoms with Crippen molar-refractivity contribution in [2.75, 3.05) is 14.2 Å². The number of ether oxygens (including phenoxy) is 2. The maximum Gasteiger partial charge on any atom is 0.339 e. The summed E-state index contributed by atoms with van der Waals surface area (Å²) in [6.07, 6.45) is 7.10. The minimum absolute atomic E-state index is 0.392. The molecule has 0 unspecified atom stereocenters. The molecule has 0 aliphatic heterocycles. The second-order valence-electron chi connectivity index (χ2n) is 5.38. The van der Waals surface area contributed by atoms with E-state index in [1.807, 2.05) is 12.1 Å². The molecule has 0 spiro atoms. The standard InChI is InChI=1S/C17H22O4/c1-20-16(18)14-12-8-6-4-3-5-7-9-13(11-10-12)15(14)17(19)21-2/h10-11H,3-9H2,1-2H3. The van der Waals surface area contributed by atoms with Crippen molar-refractivity contribution >= 4 is 11.9 Å². The molecule has 3 rings (SSSR count). The zero-order valence-corrected chi connectivity index (χ0v) is 12.7. The molecule has 0 atom stereocenters. The Morgan fingerprint density at radius 3 is 1.52 bits per heavy atom. The molecule has 0 radical (unpaired) electrons. The Hall–Kier alpha value is -1.84. The van der Waals surface area contributed by atoms with E-state index in [1.165, 1.54) is 20.6 Å². The molecule has 4 heteroatoms. The van der Waals surface area contributed by atoms with Crippen LogP contribution < -0.4 is 0 Å². The highest BCUT2D eigenvalue weighted by Gasteiger charge is 2.25. The molecular formula is C17H22O4. The van der Waals surface area contributed by atoms with Crippen LogP contribution in [0.3, 0.4) is 0 Å². The maximum atomic E-state index is 12.2. The molecule has 2 aliphatic carbocycles. The van der Waals surface area contributed by atoms with Crippen LogP contribution in [-0.4, -0.2) is 26.2 Å². The van der Waals surface area contributed by atoms with Gasteiger partial charge in [-0.25, -0.2) is 9.59 Å². The maximum absolute atomic E-state index is 12.2. The number of hydrogen-bond acceptors (Lipinski definition) is 4. The van der Waals surface area contributed by atoms with Gasteiger partial charge in [-0.05, 0) is 36.8 Å². The Balaban J connectivity index is 2.59. The predicted molar refractivity (Wildman–Crippen MR) is 79.6 cm³/mol. The first-order valence-corrected chi connectivity index (χ1v) is 7.50. The Bertz CT molecular complexity index is 487. The minimum atomic E-state index is -0.452. The van der Waals surface area contributed by atoms with E-state index < -0.39 is 11.9 Å². The second-order valence-corrected chi connectivity index (χ2v) is 5.38. The molecule has 2 bridgehead atoms. The Kier molecular flexibility index (Phi) is 5.37. The van der Waals surface area contributed by atoms with Crippen molar-refractivity contribution in [1.82, 2.24) is 0 Å². The molecular weight excluding hydrogens is 268 g/mol. The summed E-state index contributed by atoms with van der Waals surface area (Å²) >= 11 is 0. The smallest absolute Gasteiger partial charge is 0.339 e. The molecule has 2 aliphatic rings. The molecule has 0 aromatic heterocycles. The third-order valence-electron chi connectivity index (χ3n) is 4.05. The van der Waals surface area contributed by atoms with E-state index in [0.717, 1.165) is 49.7 Å². The van der Waals surface area contributed by atoms with Crippen LogP contribution in [0.4, 0.5) is 0 Å². The van der Waals surface area contributed by atoms with Gasteiger partial charge in [0, 0.05) is 0 Å². The van der Waals surface area contributed by atoms with Crippen molar-refractivity contribution in [3.8, 4) is 0 Å². The fraction of sp³-hybridized carbons (Fsp3) is 0.529. The average Bonchev–Trinajstić information content (AvgIpc) is 2.59. The van der Waals surface area contributed by atoms with Gasteiger partial charge >= 0.3 is 11.9 Å². The number of carbonyl (C=O) groups excluding carboxylic acids is 2. The second kappa shape index (κ2) is 7.25. The van der Waals surface area contributed by atoms with Crippen LogP contribution in [0.25, 0.3) is 0 Å². The van der Waals surface area contributed by atoms with Crippen molar-refractivity contribution < 1.29 is 19.1 Å². The fourth-order valence-electron chi connectivity index (χ4n) is 2.94. The summed E-state index contributed by atoms with van der Waals surface area (Å²) in [5.41, 5.74) is 2.55. The summed E-state index contributed by atoms with van der Waals surface area (Å²) < 4.78 is 9.79. The van der Waals surface area contributed by atoms with Crippen molar-refractivity contribution in [3.63, 3.8) is 0 Å². The van der Waals surface area contributed by atoms with E-state index in [1.54, 1.807) is 0 Å². The molecule has 0 heterocycles. The molecule has 0 saturated heterocycles. The highest BCUT2D eigenvalue weighted by Crippen LogP contribution is 2.26. The summed E-state index contributed by atoms with van der Waals surface area (Å²) in [6, 6.07) is 3.92. The van der Waals surface area contributed by atoms with Crippen LogP contribution in [0.15, 0.2) is 12.1 Å². The number of methoxy groups -OCH3 is 2. The lowest BCUT2D eigenvalue weighted by Crippen LogP contribution is -2.17. The summed E-state index contributed by atoms with van der Waals surface area (Å²) in [7, 11) is 2.69. The van der Waals surface area contributed by atoms with Crippen molar-refractivity contribution in [3.05, 3.63) is 34.4 Å². The lowest BCUT2D eigenvalue weighted by atomic mass is 9.91. The molecule has 0 N–H and O–H groups in total. The topological polar surface area (TPSA) is 52.6 Å². The quantitative estimate of drug-likeness (QED) is 0.784. The van der Waals surface area contributed by atoms with E-state index in [4.69, 9.17) is 9.47 Å². The molecule has 0 saturated carbocycles. The van der Waals surface area contributed by atoms with E-state index in [9.17, 15) is 9.59 Å². The van der Waals surface area contributed by atoms with Gasteiger partial charge in [0.05, 0.1) is 25.3 Å². The van der Waals surface area contributed by atoms with E-state index >= 15 is 0 Å². The van der Waals surface area contributed by atoms with Gasteiger partial charge in [0.15, 0.2) is 0 Å². The molecule has 1 aromatic rings. The Morgan fingerprint density at radius 2 is 1.14 bits per heavy atom. The van der Waals surface area contributed by atoms with Gasteiger partial charge in [0.2, 0.25) is 0 Å². The van der Waals surface area contributed by atoms with Crippen LogP contribution in [-0.2, 0) is 22.3 Å². The number of rotatable bonds is 2. The number of benzene rings is 1. The molecule has 0 fully saturated rings. The van der Waals surface area contributed by atoms with Crippen LogP contribution >= 0.6 is 0 Å². The van der Waals surface area contributed by atoms with Crippen molar-refractivity contribution in [2.45, 2.75) is 44.9 Å². The molecule has 0 amide bonds. The van der Waals surface area contributed by atoms with Crippen molar-refractivity contribution in [2.24, 2.45) is 0 Å². The van der Waals surface area contributed by atoms with Crippen LogP contribution in [0, 0.1) is 0 Å². The average molecular weight is 290 g/mol. The van der Waals surface area contributed by atoms with Gasteiger partial charge in [0.25, 0.3) is 0 Å². The number of aryl methyl sites for hydroxylation is 2. The van der Waals surface area contributed by atoms with Crippen LogP contribution in [0.2, 0.25) is 0 Å². The molecule has 21 heavy (non-hydrogen) atoms. The number of esters is 2. The highest BCUT2D eigenvalue weighted by atomic mass is 16.5. The lowest BCUT2D eigenvalue weighted by Gasteiger charge is -2.15. The predicted octanol–water partition coefficient (Wildman–Crippen LogP) is 3.31. The normalized spacial score (nSPS) is 15.1. The third-order valence-corrected chi connectivity index (χ3v) is 4.05. The molecule has 1 aromatic carbocycles. The van der Waals surface area contributed by atoms with Gasteiger partial charge in [-0.3, -0.25) is 0 Å². The number of carbonyl (C=O) groups is 2. The third kappa shape index (κ3) is 3.43. The van der Waals surface area contributed by atoms with E-state index in [0.29, 0.717) is 11.1 Å².